The number of hydrogen-bond donors (Lipinski definition) is 0. The Balaban J connectivity index is 1.18. The van der Waals surface area contributed by atoms with E-state index < -0.39 is 0 Å². The zero-order valence-electron chi connectivity index (χ0n) is 25.5. The topological polar surface area (TPSA) is 23.0 Å². The first-order valence-corrected chi connectivity index (χ1v) is 16.0. The molecule has 220 valence electrons. The highest BCUT2D eigenvalue weighted by Gasteiger charge is 2.22. The number of aromatic nitrogens is 2. The van der Waals surface area contributed by atoms with Gasteiger partial charge in [0.2, 0.25) is 5.71 Å². The van der Waals surface area contributed by atoms with Gasteiger partial charge in [-0.2, -0.15) is 0 Å². The van der Waals surface area contributed by atoms with Crippen LogP contribution in [0.2, 0.25) is 0 Å². The van der Waals surface area contributed by atoms with E-state index in [1.807, 2.05) is 6.07 Å². The molecule has 0 aliphatic heterocycles. The highest BCUT2D eigenvalue weighted by atomic mass is 16.3. The predicted molar refractivity (Wildman–Crippen MR) is 196 cm³/mol. The van der Waals surface area contributed by atoms with E-state index in [0.29, 0.717) is 0 Å². The van der Waals surface area contributed by atoms with E-state index in [1.165, 1.54) is 49.4 Å². The van der Waals surface area contributed by atoms with Gasteiger partial charge in [-0.25, -0.2) is 0 Å². The molecule has 0 unspecified atom stereocenters. The lowest BCUT2D eigenvalue weighted by Crippen LogP contribution is -1.94. The third kappa shape index (κ3) is 3.87. The largest absolute Gasteiger partial charge is 0.439 e. The van der Waals surface area contributed by atoms with Crippen LogP contribution in [0.3, 0.4) is 0 Å². The molecule has 0 aliphatic carbocycles. The Hall–Kier alpha value is -6.32. The molecule has 0 N–H and O–H groups in total. The molecular formula is C44H28N2O. The lowest BCUT2D eigenvalue weighted by molar-refractivity contribution is 0.645. The number of hydrogen-bond acceptors (Lipinski definition) is 1. The first-order valence-electron chi connectivity index (χ1n) is 16.0. The van der Waals surface area contributed by atoms with Gasteiger partial charge in [-0.05, 0) is 76.9 Å². The summed E-state index contributed by atoms with van der Waals surface area (Å²) >= 11 is 0. The van der Waals surface area contributed by atoms with Gasteiger partial charge >= 0.3 is 0 Å². The standard InChI is InChI=1S/C44H28N2O/c1-2-16-32(17-3-1)46-40-25-12-22-34(42(40)43-37-21-6-9-26-41(37)47-44(43)46)31-15-10-13-29(27-31)30-14-11-18-33(28-30)45-38-23-7-4-19-35(38)36-20-5-8-24-39(36)45/h1-28H. The summed E-state index contributed by atoms with van der Waals surface area (Å²) in [4.78, 5) is 0. The summed E-state index contributed by atoms with van der Waals surface area (Å²) in [6.45, 7) is 0. The zero-order valence-corrected chi connectivity index (χ0v) is 25.5. The van der Waals surface area contributed by atoms with E-state index in [0.717, 1.165) is 39.0 Å². The number of furan rings is 1. The molecule has 0 saturated carbocycles. The van der Waals surface area contributed by atoms with Gasteiger partial charge in [-0.3, -0.25) is 4.57 Å². The van der Waals surface area contributed by atoms with Crippen molar-refractivity contribution < 1.29 is 4.42 Å². The van der Waals surface area contributed by atoms with Crippen LogP contribution in [0.4, 0.5) is 0 Å². The van der Waals surface area contributed by atoms with Crippen molar-refractivity contribution in [3.05, 3.63) is 170 Å². The van der Waals surface area contributed by atoms with Crippen molar-refractivity contribution in [3.8, 4) is 33.6 Å². The molecule has 47 heavy (non-hydrogen) atoms. The van der Waals surface area contributed by atoms with Crippen LogP contribution in [0, 0.1) is 0 Å². The average Bonchev–Trinajstić information content (AvgIpc) is 3.79. The number of rotatable bonds is 4. The van der Waals surface area contributed by atoms with Crippen LogP contribution in [0.25, 0.3) is 88.4 Å². The Morgan fingerprint density at radius 3 is 1.72 bits per heavy atom. The monoisotopic (exact) mass is 600 g/mol. The fourth-order valence-corrected chi connectivity index (χ4v) is 7.50. The maximum absolute atomic E-state index is 6.58. The van der Waals surface area contributed by atoms with Gasteiger partial charge in [0.05, 0.1) is 21.9 Å². The summed E-state index contributed by atoms with van der Waals surface area (Å²) in [6, 6.07) is 60.7. The van der Waals surface area contributed by atoms with Crippen molar-refractivity contribution in [2.75, 3.05) is 0 Å². The fourth-order valence-electron chi connectivity index (χ4n) is 7.50. The maximum atomic E-state index is 6.58. The summed E-state index contributed by atoms with van der Waals surface area (Å²) < 4.78 is 11.2. The second kappa shape index (κ2) is 10.1. The molecule has 0 amide bonds. The van der Waals surface area contributed by atoms with Crippen LogP contribution >= 0.6 is 0 Å². The maximum Gasteiger partial charge on any atom is 0.213 e. The minimum absolute atomic E-state index is 0.870. The van der Waals surface area contributed by atoms with E-state index in [1.54, 1.807) is 0 Å². The smallest absolute Gasteiger partial charge is 0.213 e. The van der Waals surface area contributed by atoms with Crippen molar-refractivity contribution in [1.82, 2.24) is 9.13 Å². The molecule has 0 spiro atoms. The first-order chi connectivity index (χ1) is 23.3. The summed E-state index contributed by atoms with van der Waals surface area (Å²) in [5, 5.41) is 6.01. The Bertz CT molecular complexity index is 2740. The van der Waals surface area contributed by atoms with Crippen molar-refractivity contribution in [2.45, 2.75) is 0 Å². The summed E-state index contributed by atoms with van der Waals surface area (Å²) in [5.41, 5.74) is 12.3. The van der Waals surface area contributed by atoms with Gasteiger partial charge in [-0.15, -0.1) is 0 Å². The molecule has 7 aromatic carbocycles. The van der Waals surface area contributed by atoms with E-state index in [4.69, 9.17) is 4.42 Å². The van der Waals surface area contributed by atoms with Crippen LogP contribution in [-0.4, -0.2) is 9.13 Å². The van der Waals surface area contributed by atoms with Crippen LogP contribution in [0.5, 0.6) is 0 Å². The van der Waals surface area contributed by atoms with Crippen molar-refractivity contribution in [1.29, 1.82) is 0 Å². The normalized spacial score (nSPS) is 11.8. The Labute approximate surface area is 271 Å². The van der Waals surface area contributed by atoms with Gasteiger partial charge in [0, 0.05) is 32.9 Å². The summed E-state index contributed by atoms with van der Waals surface area (Å²) in [7, 11) is 0. The molecule has 10 rings (SSSR count). The third-order valence-corrected chi connectivity index (χ3v) is 9.52. The minimum atomic E-state index is 0.870. The number of fused-ring (bicyclic) bond motifs is 8. The minimum Gasteiger partial charge on any atom is -0.439 e. The number of nitrogens with zero attached hydrogens (tertiary/aromatic N) is 2. The first kappa shape index (κ1) is 26.0. The third-order valence-electron chi connectivity index (χ3n) is 9.52. The Morgan fingerprint density at radius 1 is 0.362 bits per heavy atom. The second-order valence-electron chi connectivity index (χ2n) is 12.1. The van der Waals surface area contributed by atoms with Crippen LogP contribution < -0.4 is 0 Å². The van der Waals surface area contributed by atoms with Crippen LogP contribution in [0.1, 0.15) is 0 Å². The molecule has 0 fully saturated rings. The molecule has 3 heterocycles. The van der Waals surface area contributed by atoms with E-state index >= 15 is 0 Å². The molecule has 0 saturated heterocycles. The Kier molecular flexibility index (Phi) is 5.57. The Morgan fingerprint density at radius 2 is 0.936 bits per heavy atom. The van der Waals surface area contributed by atoms with E-state index in [-0.39, 0.29) is 0 Å². The quantitative estimate of drug-likeness (QED) is 0.197. The van der Waals surface area contributed by atoms with Crippen molar-refractivity contribution >= 4 is 54.8 Å². The molecule has 10 aromatic rings. The SMILES string of the molecule is c1ccc(-n2c3cccc(-c4cccc(-c5cccc(-n6c7ccccc7c7ccccc76)c5)c4)c3c3c4ccccc4oc32)cc1. The van der Waals surface area contributed by atoms with Crippen molar-refractivity contribution in [2.24, 2.45) is 0 Å². The summed E-state index contributed by atoms with van der Waals surface area (Å²) in [5.74, 6) is 0. The molecule has 3 heteroatoms. The molecule has 3 aromatic heterocycles. The lowest BCUT2D eigenvalue weighted by Gasteiger charge is -2.12. The molecule has 0 bridgehead atoms. The zero-order chi connectivity index (χ0) is 30.9. The second-order valence-corrected chi connectivity index (χ2v) is 12.1. The number of benzene rings is 7. The van der Waals surface area contributed by atoms with Gasteiger partial charge in [0.25, 0.3) is 0 Å². The molecule has 3 nitrogen and oxygen atoms in total. The molecule has 0 atom stereocenters. The highest BCUT2D eigenvalue weighted by Crippen LogP contribution is 2.43. The van der Waals surface area contributed by atoms with Gasteiger partial charge < -0.3 is 8.98 Å². The molecule has 0 aliphatic rings. The molecular weight excluding hydrogens is 572 g/mol. The fraction of sp³-hybridized carbons (Fsp3) is 0. The van der Waals surface area contributed by atoms with Crippen LogP contribution in [-0.2, 0) is 0 Å². The summed E-state index contributed by atoms with van der Waals surface area (Å²) in [6.07, 6.45) is 0. The number of para-hydroxylation sites is 4. The predicted octanol–water partition coefficient (Wildman–Crippen LogP) is 12.0. The van der Waals surface area contributed by atoms with E-state index in [2.05, 4.69) is 173 Å². The van der Waals surface area contributed by atoms with Gasteiger partial charge in [0.15, 0.2) is 0 Å². The lowest BCUT2D eigenvalue weighted by atomic mass is 9.95. The molecule has 0 radical (unpaired) electrons. The van der Waals surface area contributed by atoms with Crippen LogP contribution in [0.15, 0.2) is 174 Å². The van der Waals surface area contributed by atoms with Gasteiger partial charge in [0.1, 0.15) is 5.58 Å². The average molecular weight is 601 g/mol. The van der Waals surface area contributed by atoms with Crippen molar-refractivity contribution in [3.63, 3.8) is 0 Å². The van der Waals surface area contributed by atoms with Gasteiger partial charge in [-0.1, -0.05) is 115 Å². The highest BCUT2D eigenvalue weighted by molar-refractivity contribution is 6.24. The van der Waals surface area contributed by atoms with E-state index in [9.17, 15) is 0 Å².